The maximum Gasteiger partial charge on any atom is 0.122 e. The number of phenolic OH excluding ortho intramolecular Hbond substituents is 1. The van der Waals surface area contributed by atoms with Gasteiger partial charge in [0.1, 0.15) is 5.75 Å². The third kappa shape index (κ3) is 3.48. The van der Waals surface area contributed by atoms with Crippen LogP contribution in [0.3, 0.4) is 0 Å². The summed E-state index contributed by atoms with van der Waals surface area (Å²) in [4.78, 5) is 0. The van der Waals surface area contributed by atoms with Crippen LogP contribution in [0.4, 0.5) is 0 Å². The first kappa shape index (κ1) is 13.6. The summed E-state index contributed by atoms with van der Waals surface area (Å²) in [6.07, 6.45) is 5.40. The van der Waals surface area contributed by atoms with Crippen molar-refractivity contribution in [3.05, 3.63) is 53.6 Å². The fraction of sp³-hybridized carbons (Fsp3) is 0.375. The Balaban J connectivity index is 3.16. The van der Waals surface area contributed by atoms with E-state index in [1.165, 1.54) is 5.56 Å². The quantitative estimate of drug-likeness (QED) is 0.726. The molecule has 0 unspecified atom stereocenters. The van der Waals surface area contributed by atoms with Gasteiger partial charge in [0.15, 0.2) is 0 Å². The summed E-state index contributed by atoms with van der Waals surface area (Å²) in [7, 11) is 0. The van der Waals surface area contributed by atoms with Gasteiger partial charge in [-0.1, -0.05) is 43.7 Å². The van der Waals surface area contributed by atoms with E-state index in [9.17, 15) is 5.11 Å². The molecule has 0 bridgehead atoms. The van der Waals surface area contributed by atoms with Gasteiger partial charge in [0.25, 0.3) is 0 Å². The van der Waals surface area contributed by atoms with Crippen LogP contribution in [0.25, 0.3) is 0 Å². The Morgan fingerprint density at radius 1 is 1.35 bits per heavy atom. The predicted molar refractivity (Wildman–Crippen MR) is 74.5 cm³/mol. The molecule has 1 heteroatoms. The standard InChI is InChI=1S/C16H22O/c1-5-7-13-9-10-14(11-12(3)4)16(17)15(13)8-6-2/h6,9-10,17H,2-3,5,7-8,11H2,1,4H3. The van der Waals surface area contributed by atoms with Gasteiger partial charge in [-0.3, -0.25) is 0 Å². The number of hydrogen-bond donors (Lipinski definition) is 1. The molecule has 1 N–H and O–H groups in total. The molecule has 0 heterocycles. The van der Waals surface area contributed by atoms with Crippen molar-refractivity contribution in [3.8, 4) is 5.75 Å². The van der Waals surface area contributed by atoms with E-state index in [2.05, 4.69) is 26.1 Å². The predicted octanol–water partition coefficient (Wildman–Crippen LogP) is 4.19. The van der Waals surface area contributed by atoms with Crippen LogP contribution < -0.4 is 0 Å². The van der Waals surface area contributed by atoms with Gasteiger partial charge in [0, 0.05) is 5.56 Å². The Hall–Kier alpha value is -1.50. The molecule has 1 nitrogen and oxygen atoms in total. The molecule has 92 valence electrons. The number of benzene rings is 1. The summed E-state index contributed by atoms with van der Waals surface area (Å²) in [5.74, 6) is 0.429. The second-order valence-electron chi connectivity index (χ2n) is 4.59. The maximum absolute atomic E-state index is 10.3. The number of aromatic hydroxyl groups is 1. The minimum atomic E-state index is 0.429. The zero-order valence-corrected chi connectivity index (χ0v) is 10.9. The van der Waals surface area contributed by atoms with Crippen LogP contribution in [0, 0.1) is 0 Å². The maximum atomic E-state index is 10.3. The van der Waals surface area contributed by atoms with Crippen LogP contribution >= 0.6 is 0 Å². The van der Waals surface area contributed by atoms with E-state index in [0.29, 0.717) is 5.75 Å². The van der Waals surface area contributed by atoms with E-state index >= 15 is 0 Å². The molecular weight excluding hydrogens is 208 g/mol. The van der Waals surface area contributed by atoms with Crippen molar-refractivity contribution in [1.29, 1.82) is 0 Å². The molecule has 0 fully saturated rings. The highest BCUT2D eigenvalue weighted by atomic mass is 16.3. The summed E-state index contributed by atoms with van der Waals surface area (Å²) in [6.45, 7) is 11.8. The monoisotopic (exact) mass is 230 g/mol. The van der Waals surface area contributed by atoms with Crippen molar-refractivity contribution in [2.24, 2.45) is 0 Å². The topological polar surface area (TPSA) is 20.2 Å². The number of hydrogen-bond acceptors (Lipinski definition) is 1. The number of aryl methyl sites for hydroxylation is 1. The van der Waals surface area contributed by atoms with Gasteiger partial charge in [-0.25, -0.2) is 0 Å². The lowest BCUT2D eigenvalue weighted by Crippen LogP contribution is -1.98. The van der Waals surface area contributed by atoms with Crippen LogP contribution in [0.2, 0.25) is 0 Å². The molecule has 0 aliphatic carbocycles. The summed E-state index contributed by atoms with van der Waals surface area (Å²) >= 11 is 0. The van der Waals surface area contributed by atoms with E-state index in [1.807, 2.05) is 19.1 Å². The molecule has 0 aliphatic rings. The Morgan fingerprint density at radius 2 is 2.00 bits per heavy atom. The Kier molecular flexibility index (Phi) is 5.02. The Morgan fingerprint density at radius 3 is 2.53 bits per heavy atom. The third-order valence-electron chi connectivity index (χ3n) is 2.82. The van der Waals surface area contributed by atoms with Crippen molar-refractivity contribution in [2.75, 3.05) is 0 Å². The van der Waals surface area contributed by atoms with E-state index in [1.54, 1.807) is 0 Å². The van der Waals surface area contributed by atoms with Crippen molar-refractivity contribution < 1.29 is 5.11 Å². The van der Waals surface area contributed by atoms with Gasteiger partial charge in [0.2, 0.25) is 0 Å². The van der Waals surface area contributed by atoms with Gasteiger partial charge in [-0.05, 0) is 37.3 Å². The van der Waals surface area contributed by atoms with Crippen LogP contribution in [-0.2, 0) is 19.3 Å². The molecule has 0 aliphatic heterocycles. The smallest absolute Gasteiger partial charge is 0.122 e. The molecule has 0 atom stereocenters. The average Bonchev–Trinajstić information content (AvgIpc) is 2.27. The fourth-order valence-electron chi connectivity index (χ4n) is 2.07. The van der Waals surface area contributed by atoms with Crippen molar-refractivity contribution in [2.45, 2.75) is 39.5 Å². The highest BCUT2D eigenvalue weighted by Crippen LogP contribution is 2.29. The molecule has 0 saturated heterocycles. The van der Waals surface area contributed by atoms with Crippen LogP contribution in [-0.4, -0.2) is 5.11 Å². The molecular formula is C16H22O. The molecule has 0 amide bonds. The minimum absolute atomic E-state index is 0.429. The molecule has 0 aromatic heterocycles. The molecule has 0 saturated carbocycles. The van der Waals surface area contributed by atoms with Gasteiger partial charge < -0.3 is 5.11 Å². The van der Waals surface area contributed by atoms with Crippen LogP contribution in [0.1, 0.15) is 37.0 Å². The van der Waals surface area contributed by atoms with E-state index in [4.69, 9.17) is 0 Å². The Labute approximate surface area is 104 Å². The first-order valence-electron chi connectivity index (χ1n) is 6.18. The number of allylic oxidation sites excluding steroid dienone is 2. The zero-order valence-electron chi connectivity index (χ0n) is 10.9. The van der Waals surface area contributed by atoms with Crippen LogP contribution in [0.5, 0.6) is 5.75 Å². The second kappa shape index (κ2) is 6.29. The minimum Gasteiger partial charge on any atom is -0.507 e. The Bertz CT molecular complexity index is 416. The van der Waals surface area contributed by atoms with E-state index in [0.717, 1.165) is 42.4 Å². The second-order valence-corrected chi connectivity index (χ2v) is 4.59. The molecule has 1 aromatic rings. The summed E-state index contributed by atoms with van der Waals surface area (Å²) in [5.41, 5.74) is 4.29. The summed E-state index contributed by atoms with van der Waals surface area (Å²) in [5, 5.41) is 10.3. The van der Waals surface area contributed by atoms with E-state index in [-0.39, 0.29) is 0 Å². The lowest BCUT2D eigenvalue weighted by Gasteiger charge is -2.13. The van der Waals surface area contributed by atoms with Gasteiger partial charge in [0.05, 0.1) is 0 Å². The van der Waals surface area contributed by atoms with Gasteiger partial charge in [-0.15, -0.1) is 6.58 Å². The fourth-order valence-corrected chi connectivity index (χ4v) is 2.07. The lowest BCUT2D eigenvalue weighted by atomic mass is 9.94. The van der Waals surface area contributed by atoms with Crippen molar-refractivity contribution in [1.82, 2.24) is 0 Å². The summed E-state index contributed by atoms with van der Waals surface area (Å²) < 4.78 is 0. The SMILES string of the molecule is C=CCc1c(CCC)ccc(CC(=C)C)c1O. The van der Waals surface area contributed by atoms with Crippen LogP contribution in [0.15, 0.2) is 36.9 Å². The highest BCUT2D eigenvalue weighted by Gasteiger charge is 2.11. The van der Waals surface area contributed by atoms with Gasteiger partial charge in [-0.2, -0.15) is 0 Å². The van der Waals surface area contributed by atoms with E-state index < -0.39 is 0 Å². The lowest BCUT2D eigenvalue weighted by molar-refractivity contribution is 0.462. The first-order valence-corrected chi connectivity index (χ1v) is 6.18. The highest BCUT2D eigenvalue weighted by molar-refractivity contribution is 5.47. The molecule has 0 spiro atoms. The molecule has 1 aromatic carbocycles. The normalized spacial score (nSPS) is 10.2. The largest absolute Gasteiger partial charge is 0.507 e. The molecule has 17 heavy (non-hydrogen) atoms. The molecule has 0 radical (unpaired) electrons. The van der Waals surface area contributed by atoms with Crippen molar-refractivity contribution in [3.63, 3.8) is 0 Å². The van der Waals surface area contributed by atoms with Gasteiger partial charge >= 0.3 is 0 Å². The number of rotatable bonds is 6. The molecule has 1 rings (SSSR count). The third-order valence-corrected chi connectivity index (χ3v) is 2.82. The van der Waals surface area contributed by atoms with Crippen molar-refractivity contribution >= 4 is 0 Å². The average molecular weight is 230 g/mol. The first-order chi connectivity index (χ1) is 8.10. The zero-order chi connectivity index (χ0) is 12.8. The number of phenols is 1. The summed E-state index contributed by atoms with van der Waals surface area (Å²) in [6, 6.07) is 4.14.